The van der Waals surface area contributed by atoms with Gasteiger partial charge in [0.25, 0.3) is 0 Å². The number of hydrogen-bond donors (Lipinski definition) is 0. The molecule has 0 radical (unpaired) electrons. The molecule has 2 rings (SSSR count). The SMILES string of the molecule is COCCCc1ccc(-c2ccc(Cl)cc2)nc1. The average molecular weight is 262 g/mol. The van der Waals surface area contributed by atoms with Crippen molar-refractivity contribution in [2.45, 2.75) is 12.8 Å². The van der Waals surface area contributed by atoms with Gasteiger partial charge in [-0.25, -0.2) is 0 Å². The van der Waals surface area contributed by atoms with Crippen molar-refractivity contribution in [3.05, 3.63) is 53.2 Å². The first-order chi connectivity index (χ1) is 8.79. The molecule has 0 fully saturated rings. The molecule has 18 heavy (non-hydrogen) atoms. The molecule has 2 aromatic rings. The number of benzene rings is 1. The second kappa shape index (κ2) is 6.53. The first-order valence-corrected chi connectivity index (χ1v) is 6.37. The number of hydrogen-bond acceptors (Lipinski definition) is 2. The lowest BCUT2D eigenvalue weighted by Crippen LogP contribution is -1.93. The fourth-order valence-electron chi connectivity index (χ4n) is 1.78. The Bertz CT molecular complexity index is 479. The van der Waals surface area contributed by atoms with Crippen LogP contribution in [0, 0.1) is 0 Å². The molecular formula is C15H16ClNO. The van der Waals surface area contributed by atoms with E-state index in [0.29, 0.717) is 0 Å². The van der Waals surface area contributed by atoms with Gasteiger partial charge in [0.2, 0.25) is 0 Å². The highest BCUT2D eigenvalue weighted by molar-refractivity contribution is 6.30. The molecule has 0 spiro atoms. The molecule has 0 N–H and O–H groups in total. The third kappa shape index (κ3) is 3.56. The minimum Gasteiger partial charge on any atom is -0.385 e. The number of aryl methyl sites for hydroxylation is 1. The summed E-state index contributed by atoms with van der Waals surface area (Å²) in [6.45, 7) is 0.791. The van der Waals surface area contributed by atoms with E-state index in [0.717, 1.165) is 35.7 Å². The summed E-state index contributed by atoms with van der Waals surface area (Å²) < 4.78 is 5.03. The van der Waals surface area contributed by atoms with E-state index in [4.69, 9.17) is 16.3 Å². The van der Waals surface area contributed by atoms with Gasteiger partial charge >= 0.3 is 0 Å². The predicted molar refractivity (Wildman–Crippen MR) is 74.9 cm³/mol. The lowest BCUT2D eigenvalue weighted by atomic mass is 10.1. The van der Waals surface area contributed by atoms with E-state index in [2.05, 4.69) is 11.1 Å². The Labute approximate surface area is 113 Å². The standard InChI is InChI=1S/C15H16ClNO/c1-18-10-2-3-12-4-9-15(17-11-12)13-5-7-14(16)8-6-13/h4-9,11H,2-3,10H2,1H3. The topological polar surface area (TPSA) is 22.1 Å². The molecule has 0 amide bonds. The molecule has 0 saturated heterocycles. The molecular weight excluding hydrogens is 246 g/mol. The smallest absolute Gasteiger partial charge is 0.0702 e. The van der Waals surface area contributed by atoms with Crippen LogP contribution in [0.4, 0.5) is 0 Å². The fourth-order valence-corrected chi connectivity index (χ4v) is 1.91. The Balaban J connectivity index is 2.05. The van der Waals surface area contributed by atoms with E-state index < -0.39 is 0 Å². The van der Waals surface area contributed by atoms with Crippen LogP contribution in [0.5, 0.6) is 0 Å². The third-order valence-electron chi connectivity index (χ3n) is 2.78. The van der Waals surface area contributed by atoms with Crippen LogP contribution in [0.2, 0.25) is 5.02 Å². The molecule has 0 unspecified atom stereocenters. The number of rotatable bonds is 5. The maximum absolute atomic E-state index is 5.86. The number of methoxy groups -OCH3 is 1. The Hall–Kier alpha value is -1.38. The maximum atomic E-state index is 5.86. The summed E-state index contributed by atoms with van der Waals surface area (Å²) >= 11 is 5.86. The van der Waals surface area contributed by atoms with Gasteiger partial charge in [0.1, 0.15) is 0 Å². The van der Waals surface area contributed by atoms with Crippen molar-refractivity contribution in [2.75, 3.05) is 13.7 Å². The molecule has 0 saturated carbocycles. The zero-order valence-electron chi connectivity index (χ0n) is 10.4. The summed E-state index contributed by atoms with van der Waals surface area (Å²) in [5.74, 6) is 0. The largest absolute Gasteiger partial charge is 0.385 e. The van der Waals surface area contributed by atoms with E-state index in [1.54, 1.807) is 7.11 Å². The quantitative estimate of drug-likeness (QED) is 0.760. The van der Waals surface area contributed by atoms with E-state index in [1.165, 1.54) is 5.56 Å². The van der Waals surface area contributed by atoms with Gasteiger partial charge in [0.15, 0.2) is 0 Å². The van der Waals surface area contributed by atoms with Crippen LogP contribution in [0.15, 0.2) is 42.6 Å². The molecule has 1 aromatic carbocycles. The Kier molecular flexibility index (Phi) is 4.73. The number of aromatic nitrogens is 1. The number of ether oxygens (including phenoxy) is 1. The second-order valence-corrected chi connectivity index (χ2v) is 4.59. The molecule has 1 aromatic heterocycles. The van der Waals surface area contributed by atoms with E-state index >= 15 is 0 Å². The molecule has 94 valence electrons. The molecule has 0 atom stereocenters. The summed E-state index contributed by atoms with van der Waals surface area (Å²) in [7, 11) is 1.72. The molecule has 0 aliphatic rings. The predicted octanol–water partition coefficient (Wildman–Crippen LogP) is 3.98. The van der Waals surface area contributed by atoms with Crippen molar-refractivity contribution in [1.29, 1.82) is 0 Å². The summed E-state index contributed by atoms with van der Waals surface area (Å²) in [6.07, 6.45) is 3.96. The van der Waals surface area contributed by atoms with Crippen molar-refractivity contribution < 1.29 is 4.74 Å². The van der Waals surface area contributed by atoms with Crippen LogP contribution in [0.25, 0.3) is 11.3 Å². The molecule has 0 bridgehead atoms. The van der Waals surface area contributed by atoms with Gasteiger partial charge in [-0.05, 0) is 36.6 Å². The van der Waals surface area contributed by atoms with E-state index in [9.17, 15) is 0 Å². The van der Waals surface area contributed by atoms with Gasteiger partial charge in [-0.2, -0.15) is 0 Å². The zero-order valence-corrected chi connectivity index (χ0v) is 11.2. The van der Waals surface area contributed by atoms with Crippen LogP contribution in [0.3, 0.4) is 0 Å². The molecule has 0 aliphatic carbocycles. The van der Waals surface area contributed by atoms with Gasteiger partial charge in [-0.3, -0.25) is 4.98 Å². The average Bonchev–Trinajstić information content (AvgIpc) is 2.41. The van der Waals surface area contributed by atoms with Gasteiger partial charge in [-0.15, -0.1) is 0 Å². The van der Waals surface area contributed by atoms with Gasteiger partial charge in [0, 0.05) is 30.5 Å². The maximum Gasteiger partial charge on any atom is 0.0702 e. The van der Waals surface area contributed by atoms with Crippen LogP contribution >= 0.6 is 11.6 Å². The van der Waals surface area contributed by atoms with Crippen LogP contribution < -0.4 is 0 Å². The minimum absolute atomic E-state index is 0.745. The fraction of sp³-hybridized carbons (Fsp3) is 0.267. The molecule has 2 nitrogen and oxygen atoms in total. The van der Waals surface area contributed by atoms with Crippen molar-refractivity contribution in [3.8, 4) is 11.3 Å². The van der Waals surface area contributed by atoms with Crippen molar-refractivity contribution in [3.63, 3.8) is 0 Å². The van der Waals surface area contributed by atoms with Gasteiger partial charge in [0.05, 0.1) is 5.69 Å². The molecule has 0 aliphatic heterocycles. The van der Waals surface area contributed by atoms with E-state index in [-0.39, 0.29) is 0 Å². The minimum atomic E-state index is 0.745. The first-order valence-electron chi connectivity index (χ1n) is 5.99. The van der Waals surface area contributed by atoms with Crippen LogP contribution in [0.1, 0.15) is 12.0 Å². The highest BCUT2D eigenvalue weighted by Gasteiger charge is 2.00. The third-order valence-corrected chi connectivity index (χ3v) is 3.03. The molecule has 3 heteroatoms. The van der Waals surface area contributed by atoms with Crippen LogP contribution in [-0.4, -0.2) is 18.7 Å². The van der Waals surface area contributed by atoms with E-state index in [1.807, 2.05) is 36.5 Å². The highest BCUT2D eigenvalue weighted by atomic mass is 35.5. The molecule has 1 heterocycles. The van der Waals surface area contributed by atoms with Crippen molar-refractivity contribution in [1.82, 2.24) is 4.98 Å². The Morgan fingerprint density at radius 3 is 2.50 bits per heavy atom. The summed E-state index contributed by atoms with van der Waals surface area (Å²) in [5, 5.41) is 0.745. The first kappa shape index (κ1) is 13.1. The second-order valence-electron chi connectivity index (χ2n) is 4.15. The lowest BCUT2D eigenvalue weighted by molar-refractivity contribution is 0.195. The lowest BCUT2D eigenvalue weighted by Gasteiger charge is -2.04. The number of pyridine rings is 1. The van der Waals surface area contributed by atoms with Gasteiger partial charge in [-0.1, -0.05) is 29.8 Å². The van der Waals surface area contributed by atoms with Crippen molar-refractivity contribution in [2.24, 2.45) is 0 Å². The highest BCUT2D eigenvalue weighted by Crippen LogP contribution is 2.19. The van der Waals surface area contributed by atoms with Crippen LogP contribution in [-0.2, 0) is 11.2 Å². The number of halogens is 1. The Morgan fingerprint density at radius 1 is 1.11 bits per heavy atom. The Morgan fingerprint density at radius 2 is 1.89 bits per heavy atom. The normalized spacial score (nSPS) is 10.6. The summed E-state index contributed by atoms with van der Waals surface area (Å²) in [5.41, 5.74) is 3.30. The van der Waals surface area contributed by atoms with Crippen molar-refractivity contribution >= 4 is 11.6 Å². The monoisotopic (exact) mass is 261 g/mol. The summed E-state index contributed by atoms with van der Waals surface area (Å²) in [6, 6.07) is 11.9. The number of nitrogens with zero attached hydrogens (tertiary/aromatic N) is 1. The zero-order chi connectivity index (χ0) is 12.8. The van der Waals surface area contributed by atoms with Gasteiger partial charge < -0.3 is 4.74 Å². The summed E-state index contributed by atoms with van der Waals surface area (Å²) in [4.78, 5) is 4.47.